The van der Waals surface area contributed by atoms with Crippen LogP contribution in [0.5, 0.6) is 0 Å². The van der Waals surface area contributed by atoms with Gasteiger partial charge >= 0.3 is 0 Å². The molecule has 1 aromatic heterocycles. The van der Waals surface area contributed by atoms with Crippen molar-refractivity contribution in [1.29, 1.82) is 0 Å². The van der Waals surface area contributed by atoms with E-state index in [1.165, 1.54) is 50.1 Å². The molecule has 1 aliphatic rings. The SMILES string of the molecule is Cc1ccc(C2(c3ccc(C)cc3)c3ccccc3-c3ccc(-c4cccc(-c5cccc(-c6nc(-c7ccccc7)nc(-c7ccccc7)n6)c5)c4)cc32)cc1. The summed E-state index contributed by atoms with van der Waals surface area (Å²) in [6.45, 7) is 4.32. The number of nitrogens with zero attached hydrogens (tertiary/aromatic N) is 3. The molecule has 3 nitrogen and oxygen atoms in total. The molecule has 10 rings (SSSR count). The highest BCUT2D eigenvalue weighted by molar-refractivity contribution is 5.89. The van der Waals surface area contributed by atoms with Gasteiger partial charge in [-0.1, -0.05) is 193 Å². The maximum absolute atomic E-state index is 5.00. The average Bonchev–Trinajstić information content (AvgIpc) is 3.58. The molecule has 0 amide bonds. The third kappa shape index (κ3) is 6.05. The number of hydrogen-bond donors (Lipinski definition) is 0. The molecule has 9 aromatic rings. The second kappa shape index (κ2) is 14.1. The Balaban J connectivity index is 1.09. The van der Waals surface area contributed by atoms with Crippen LogP contribution in [0.4, 0.5) is 0 Å². The van der Waals surface area contributed by atoms with Crippen molar-refractivity contribution in [2.45, 2.75) is 19.3 Å². The molecule has 0 fully saturated rings. The lowest BCUT2D eigenvalue weighted by Crippen LogP contribution is -2.28. The van der Waals surface area contributed by atoms with Crippen LogP contribution in [0.25, 0.3) is 67.5 Å². The van der Waals surface area contributed by atoms with Crippen LogP contribution in [-0.4, -0.2) is 15.0 Å². The summed E-state index contributed by atoms with van der Waals surface area (Å²) in [5, 5.41) is 0. The first-order valence-electron chi connectivity index (χ1n) is 19.5. The van der Waals surface area contributed by atoms with E-state index in [9.17, 15) is 0 Å². The van der Waals surface area contributed by atoms with Crippen molar-refractivity contribution in [2.75, 3.05) is 0 Å². The highest BCUT2D eigenvalue weighted by atomic mass is 15.0. The lowest BCUT2D eigenvalue weighted by atomic mass is 9.67. The Morgan fingerprint density at radius 2 is 0.702 bits per heavy atom. The lowest BCUT2D eigenvalue weighted by Gasteiger charge is -2.34. The molecule has 1 aliphatic carbocycles. The molecule has 57 heavy (non-hydrogen) atoms. The van der Waals surface area contributed by atoms with Gasteiger partial charge in [-0.3, -0.25) is 0 Å². The van der Waals surface area contributed by atoms with E-state index in [0.717, 1.165) is 33.4 Å². The Bertz CT molecular complexity index is 2790. The van der Waals surface area contributed by atoms with E-state index >= 15 is 0 Å². The van der Waals surface area contributed by atoms with Crippen LogP contribution in [0.3, 0.4) is 0 Å². The zero-order valence-corrected chi connectivity index (χ0v) is 31.9. The topological polar surface area (TPSA) is 38.7 Å². The second-order valence-corrected chi connectivity index (χ2v) is 15.0. The lowest BCUT2D eigenvalue weighted by molar-refractivity contribution is 0.768. The molecule has 0 radical (unpaired) electrons. The number of hydrogen-bond acceptors (Lipinski definition) is 3. The van der Waals surface area contributed by atoms with Crippen LogP contribution in [0.1, 0.15) is 33.4 Å². The first-order chi connectivity index (χ1) is 28.0. The number of aryl methyl sites for hydroxylation is 2. The van der Waals surface area contributed by atoms with Gasteiger partial charge in [0.25, 0.3) is 0 Å². The maximum Gasteiger partial charge on any atom is 0.164 e. The smallest absolute Gasteiger partial charge is 0.164 e. The summed E-state index contributed by atoms with van der Waals surface area (Å²) >= 11 is 0. The predicted molar refractivity (Wildman–Crippen MR) is 234 cm³/mol. The Hall–Kier alpha value is -7.23. The van der Waals surface area contributed by atoms with Crippen molar-refractivity contribution in [2.24, 2.45) is 0 Å². The van der Waals surface area contributed by atoms with Gasteiger partial charge in [0.05, 0.1) is 5.41 Å². The van der Waals surface area contributed by atoms with E-state index in [4.69, 9.17) is 15.0 Å². The molecule has 3 heteroatoms. The summed E-state index contributed by atoms with van der Waals surface area (Å²) in [6.07, 6.45) is 0. The Kier molecular flexibility index (Phi) is 8.49. The highest BCUT2D eigenvalue weighted by Crippen LogP contribution is 2.56. The van der Waals surface area contributed by atoms with Gasteiger partial charge in [-0.15, -0.1) is 0 Å². The number of rotatable bonds is 7. The van der Waals surface area contributed by atoms with Crippen LogP contribution < -0.4 is 0 Å². The minimum atomic E-state index is -0.461. The van der Waals surface area contributed by atoms with Crippen LogP contribution in [0.15, 0.2) is 200 Å². The zero-order chi connectivity index (χ0) is 38.3. The van der Waals surface area contributed by atoms with Gasteiger partial charge in [-0.2, -0.15) is 0 Å². The fraction of sp³-hybridized carbons (Fsp3) is 0.0556. The van der Waals surface area contributed by atoms with E-state index in [1.807, 2.05) is 60.7 Å². The van der Waals surface area contributed by atoms with Crippen LogP contribution in [0, 0.1) is 13.8 Å². The van der Waals surface area contributed by atoms with Crippen molar-refractivity contribution < 1.29 is 0 Å². The molecule has 0 bridgehead atoms. The van der Waals surface area contributed by atoms with Gasteiger partial charge in [0.2, 0.25) is 0 Å². The monoisotopic (exact) mass is 729 g/mol. The normalized spacial score (nSPS) is 12.5. The minimum Gasteiger partial charge on any atom is -0.208 e. The molecule has 8 aromatic carbocycles. The Morgan fingerprint density at radius 1 is 0.298 bits per heavy atom. The molecule has 0 saturated heterocycles. The predicted octanol–water partition coefficient (Wildman–Crippen LogP) is 13.2. The second-order valence-electron chi connectivity index (χ2n) is 15.0. The molecule has 1 heterocycles. The van der Waals surface area contributed by atoms with Crippen molar-refractivity contribution in [1.82, 2.24) is 15.0 Å². The average molecular weight is 730 g/mol. The fourth-order valence-corrected chi connectivity index (χ4v) is 8.51. The van der Waals surface area contributed by atoms with Gasteiger partial charge in [-0.05, 0) is 87.7 Å². The van der Waals surface area contributed by atoms with Gasteiger partial charge in [0.15, 0.2) is 17.5 Å². The van der Waals surface area contributed by atoms with Gasteiger partial charge in [0.1, 0.15) is 0 Å². The largest absolute Gasteiger partial charge is 0.208 e. The van der Waals surface area contributed by atoms with E-state index < -0.39 is 5.41 Å². The summed E-state index contributed by atoms with van der Waals surface area (Å²) in [4.78, 5) is 14.9. The third-order valence-corrected chi connectivity index (χ3v) is 11.4. The van der Waals surface area contributed by atoms with Crippen LogP contribution in [-0.2, 0) is 5.41 Å². The number of fused-ring (bicyclic) bond motifs is 3. The summed E-state index contributed by atoms with van der Waals surface area (Å²) < 4.78 is 0. The van der Waals surface area contributed by atoms with Gasteiger partial charge in [0, 0.05) is 16.7 Å². The summed E-state index contributed by atoms with van der Waals surface area (Å²) in [5.41, 5.74) is 17.2. The van der Waals surface area contributed by atoms with E-state index in [-0.39, 0.29) is 0 Å². The van der Waals surface area contributed by atoms with Gasteiger partial charge in [-0.25, -0.2) is 15.0 Å². The first-order valence-corrected chi connectivity index (χ1v) is 19.5. The summed E-state index contributed by atoms with van der Waals surface area (Å²) in [5.74, 6) is 1.94. The molecule has 0 unspecified atom stereocenters. The van der Waals surface area contributed by atoms with Crippen molar-refractivity contribution in [3.63, 3.8) is 0 Å². The Labute approximate surface area is 334 Å². The minimum absolute atomic E-state index is 0.461. The molecule has 0 N–H and O–H groups in total. The molecule has 0 aliphatic heterocycles. The molecular weight excluding hydrogens is 691 g/mol. The number of aromatic nitrogens is 3. The quantitative estimate of drug-likeness (QED) is 0.164. The van der Waals surface area contributed by atoms with E-state index in [0.29, 0.717) is 17.5 Å². The van der Waals surface area contributed by atoms with Gasteiger partial charge < -0.3 is 0 Å². The molecule has 0 spiro atoms. The van der Waals surface area contributed by atoms with Crippen LogP contribution in [0.2, 0.25) is 0 Å². The zero-order valence-electron chi connectivity index (χ0n) is 31.9. The van der Waals surface area contributed by atoms with Crippen molar-refractivity contribution in [3.05, 3.63) is 234 Å². The molecular formula is C54H39N3. The van der Waals surface area contributed by atoms with Crippen LogP contribution >= 0.6 is 0 Å². The van der Waals surface area contributed by atoms with Crippen molar-refractivity contribution >= 4 is 0 Å². The molecule has 0 saturated carbocycles. The maximum atomic E-state index is 5.00. The third-order valence-electron chi connectivity index (χ3n) is 11.4. The molecule has 0 atom stereocenters. The van der Waals surface area contributed by atoms with Crippen molar-refractivity contribution in [3.8, 4) is 67.5 Å². The summed E-state index contributed by atoms with van der Waals surface area (Å²) in [7, 11) is 0. The Morgan fingerprint density at radius 3 is 1.25 bits per heavy atom. The first kappa shape index (κ1) is 34.3. The summed E-state index contributed by atoms with van der Waals surface area (Å²) in [6, 6.07) is 71.9. The highest BCUT2D eigenvalue weighted by Gasteiger charge is 2.46. The fourth-order valence-electron chi connectivity index (χ4n) is 8.51. The van der Waals surface area contributed by atoms with E-state index in [2.05, 4.69) is 153 Å². The standard InChI is InChI=1S/C54H39N3/c1-36-23-28-45(29-24-36)54(46-30-25-37(2)26-31-46)49-22-10-9-21-47(49)48-32-27-43(35-50(48)54)41-18-11-17-40(33-41)42-19-12-20-44(34-42)53-56-51(38-13-5-3-6-14-38)55-52(57-53)39-15-7-4-8-16-39/h3-35H,1-2H3. The molecule has 270 valence electrons. The number of benzene rings is 8. The van der Waals surface area contributed by atoms with E-state index in [1.54, 1.807) is 0 Å².